The summed E-state index contributed by atoms with van der Waals surface area (Å²) in [5, 5.41) is 4.05. The van der Waals surface area contributed by atoms with Crippen molar-refractivity contribution in [3.05, 3.63) is 40.7 Å². The monoisotopic (exact) mass is 329 g/mol. The zero-order valence-corrected chi connectivity index (χ0v) is 14.9. The van der Waals surface area contributed by atoms with Crippen molar-refractivity contribution in [1.82, 2.24) is 15.0 Å². The SMILES string of the molecule is Cc1noc(C)c1CN1CCN(Cc2ccc([C@H]3C[C@@H]3C)o2)CC1. The van der Waals surface area contributed by atoms with E-state index in [0.717, 1.165) is 62.4 Å². The van der Waals surface area contributed by atoms with Crippen LogP contribution in [0.25, 0.3) is 0 Å². The van der Waals surface area contributed by atoms with Crippen molar-refractivity contribution in [3.63, 3.8) is 0 Å². The normalized spacial score (nSPS) is 25.3. The van der Waals surface area contributed by atoms with E-state index in [4.69, 9.17) is 8.94 Å². The average molecular weight is 329 g/mol. The maximum absolute atomic E-state index is 6.05. The molecule has 0 unspecified atom stereocenters. The second kappa shape index (κ2) is 6.37. The van der Waals surface area contributed by atoms with Crippen molar-refractivity contribution >= 4 is 0 Å². The Labute approximate surface area is 143 Å². The number of piperazine rings is 1. The van der Waals surface area contributed by atoms with Crippen molar-refractivity contribution in [2.45, 2.75) is 46.2 Å². The molecule has 0 radical (unpaired) electrons. The molecule has 1 aliphatic heterocycles. The highest BCUT2D eigenvalue weighted by molar-refractivity contribution is 5.20. The summed E-state index contributed by atoms with van der Waals surface area (Å²) < 4.78 is 11.3. The van der Waals surface area contributed by atoms with Crippen molar-refractivity contribution in [2.24, 2.45) is 5.92 Å². The zero-order valence-electron chi connectivity index (χ0n) is 14.9. The Morgan fingerprint density at radius 2 is 1.75 bits per heavy atom. The van der Waals surface area contributed by atoms with Crippen molar-refractivity contribution in [2.75, 3.05) is 26.2 Å². The third-order valence-corrected chi connectivity index (χ3v) is 5.56. The van der Waals surface area contributed by atoms with Crippen LogP contribution in [0.5, 0.6) is 0 Å². The van der Waals surface area contributed by atoms with Crippen LogP contribution in [0.3, 0.4) is 0 Å². The van der Waals surface area contributed by atoms with Gasteiger partial charge in [-0.05, 0) is 38.3 Å². The van der Waals surface area contributed by atoms with E-state index in [9.17, 15) is 0 Å². The average Bonchev–Trinajstić information content (AvgIpc) is 2.98. The maximum Gasteiger partial charge on any atom is 0.138 e. The summed E-state index contributed by atoms with van der Waals surface area (Å²) in [4.78, 5) is 4.98. The van der Waals surface area contributed by atoms with E-state index in [1.54, 1.807) is 0 Å². The van der Waals surface area contributed by atoms with Crippen molar-refractivity contribution in [3.8, 4) is 0 Å². The molecule has 0 bridgehead atoms. The summed E-state index contributed by atoms with van der Waals surface area (Å²) in [5.41, 5.74) is 2.27. The summed E-state index contributed by atoms with van der Waals surface area (Å²) in [6.45, 7) is 12.5. The van der Waals surface area contributed by atoms with Gasteiger partial charge in [0, 0.05) is 44.2 Å². The van der Waals surface area contributed by atoms with E-state index in [1.165, 1.54) is 17.7 Å². The molecule has 0 amide bonds. The van der Waals surface area contributed by atoms with E-state index >= 15 is 0 Å². The van der Waals surface area contributed by atoms with Gasteiger partial charge in [0.25, 0.3) is 0 Å². The van der Waals surface area contributed by atoms with Gasteiger partial charge in [-0.2, -0.15) is 0 Å². The standard InChI is InChI=1S/C19H27N3O2/c1-13-10-17(13)19-5-4-16(23-19)11-21-6-8-22(9-7-21)12-18-14(2)20-24-15(18)3/h4-5,13,17H,6-12H2,1-3H3/t13-,17-/m0/s1. The van der Waals surface area contributed by atoms with Gasteiger partial charge in [0.2, 0.25) is 0 Å². The number of hydrogen-bond donors (Lipinski definition) is 0. The molecule has 1 saturated heterocycles. The van der Waals surface area contributed by atoms with Crippen LogP contribution >= 0.6 is 0 Å². The van der Waals surface area contributed by atoms with E-state index < -0.39 is 0 Å². The minimum atomic E-state index is 0.672. The molecule has 24 heavy (non-hydrogen) atoms. The van der Waals surface area contributed by atoms with Gasteiger partial charge in [-0.1, -0.05) is 12.1 Å². The van der Waals surface area contributed by atoms with Gasteiger partial charge in [0.1, 0.15) is 17.3 Å². The molecule has 2 fully saturated rings. The molecule has 130 valence electrons. The lowest BCUT2D eigenvalue weighted by Gasteiger charge is -2.34. The summed E-state index contributed by atoms with van der Waals surface area (Å²) in [6, 6.07) is 4.34. The summed E-state index contributed by atoms with van der Waals surface area (Å²) in [5.74, 6) is 4.73. The number of aryl methyl sites for hydroxylation is 2. The van der Waals surface area contributed by atoms with Crippen LogP contribution in [0, 0.1) is 19.8 Å². The summed E-state index contributed by atoms with van der Waals surface area (Å²) >= 11 is 0. The third-order valence-electron chi connectivity index (χ3n) is 5.56. The molecule has 4 rings (SSSR count). The van der Waals surface area contributed by atoms with Gasteiger partial charge in [0.15, 0.2) is 0 Å². The highest BCUT2D eigenvalue weighted by Gasteiger charge is 2.36. The number of nitrogens with zero attached hydrogens (tertiary/aromatic N) is 3. The number of aromatic nitrogens is 1. The van der Waals surface area contributed by atoms with Gasteiger partial charge >= 0.3 is 0 Å². The fraction of sp³-hybridized carbons (Fsp3) is 0.632. The lowest BCUT2D eigenvalue weighted by atomic mass is 10.2. The number of hydrogen-bond acceptors (Lipinski definition) is 5. The summed E-state index contributed by atoms with van der Waals surface area (Å²) in [6.07, 6.45) is 1.29. The van der Waals surface area contributed by atoms with Crippen LogP contribution in [-0.2, 0) is 13.1 Å². The Hall–Kier alpha value is -1.59. The Bertz CT molecular complexity index is 678. The van der Waals surface area contributed by atoms with E-state index in [2.05, 4.69) is 34.0 Å². The van der Waals surface area contributed by atoms with Crippen LogP contribution < -0.4 is 0 Å². The zero-order chi connectivity index (χ0) is 16.7. The molecule has 0 N–H and O–H groups in total. The van der Waals surface area contributed by atoms with Crippen LogP contribution in [0.1, 0.15) is 47.8 Å². The largest absolute Gasteiger partial charge is 0.464 e. The third kappa shape index (κ3) is 3.28. The lowest BCUT2D eigenvalue weighted by Crippen LogP contribution is -2.45. The highest BCUT2D eigenvalue weighted by atomic mass is 16.5. The molecule has 2 aromatic heterocycles. The first-order valence-electron chi connectivity index (χ1n) is 9.05. The van der Waals surface area contributed by atoms with Gasteiger partial charge in [-0.15, -0.1) is 0 Å². The molecule has 2 atom stereocenters. The molecule has 5 nitrogen and oxygen atoms in total. The smallest absolute Gasteiger partial charge is 0.138 e. The first-order valence-corrected chi connectivity index (χ1v) is 9.05. The molecule has 3 heterocycles. The first kappa shape index (κ1) is 15.9. The molecule has 2 aromatic rings. The minimum absolute atomic E-state index is 0.672. The predicted molar refractivity (Wildman–Crippen MR) is 91.8 cm³/mol. The molecule has 0 spiro atoms. The van der Waals surface area contributed by atoms with E-state index in [0.29, 0.717) is 5.92 Å². The fourth-order valence-electron chi connectivity index (χ4n) is 3.67. The second-order valence-corrected chi connectivity index (χ2v) is 7.48. The fourth-order valence-corrected chi connectivity index (χ4v) is 3.67. The molecule has 0 aromatic carbocycles. The van der Waals surface area contributed by atoms with Crippen molar-refractivity contribution in [1.29, 1.82) is 0 Å². The van der Waals surface area contributed by atoms with Gasteiger partial charge in [-0.3, -0.25) is 9.80 Å². The Kier molecular flexibility index (Phi) is 4.22. The number of rotatable bonds is 5. The maximum atomic E-state index is 6.05. The Morgan fingerprint density at radius 1 is 1.08 bits per heavy atom. The van der Waals surface area contributed by atoms with Crippen LogP contribution in [0.4, 0.5) is 0 Å². The highest BCUT2D eigenvalue weighted by Crippen LogP contribution is 2.47. The second-order valence-electron chi connectivity index (χ2n) is 7.48. The van der Waals surface area contributed by atoms with Gasteiger partial charge in [-0.25, -0.2) is 0 Å². The van der Waals surface area contributed by atoms with Gasteiger partial charge < -0.3 is 8.94 Å². The lowest BCUT2D eigenvalue weighted by molar-refractivity contribution is 0.115. The predicted octanol–water partition coefficient (Wildman–Crippen LogP) is 3.33. The number of furan rings is 1. The van der Waals surface area contributed by atoms with Crippen molar-refractivity contribution < 1.29 is 8.94 Å². The van der Waals surface area contributed by atoms with Crippen LogP contribution in [-0.4, -0.2) is 41.1 Å². The van der Waals surface area contributed by atoms with Crippen LogP contribution in [0.15, 0.2) is 21.1 Å². The molecular formula is C19H27N3O2. The Balaban J connectivity index is 1.28. The Morgan fingerprint density at radius 3 is 2.33 bits per heavy atom. The molecule has 2 aliphatic rings. The van der Waals surface area contributed by atoms with E-state index in [1.807, 2.05) is 13.8 Å². The van der Waals surface area contributed by atoms with Crippen LogP contribution in [0.2, 0.25) is 0 Å². The minimum Gasteiger partial charge on any atom is -0.464 e. The molecule has 1 aliphatic carbocycles. The topological polar surface area (TPSA) is 45.7 Å². The molecule has 1 saturated carbocycles. The summed E-state index contributed by atoms with van der Waals surface area (Å²) in [7, 11) is 0. The van der Waals surface area contributed by atoms with E-state index in [-0.39, 0.29) is 0 Å². The quantitative estimate of drug-likeness (QED) is 0.842. The molecule has 5 heteroatoms. The molecular weight excluding hydrogens is 302 g/mol. The first-order chi connectivity index (χ1) is 11.6. The van der Waals surface area contributed by atoms with Gasteiger partial charge in [0.05, 0.1) is 12.2 Å².